The van der Waals surface area contributed by atoms with E-state index in [0.29, 0.717) is 18.7 Å². The van der Waals surface area contributed by atoms with Crippen LogP contribution >= 0.6 is 0 Å². The summed E-state index contributed by atoms with van der Waals surface area (Å²) in [6.07, 6.45) is 3.37. The first-order valence-corrected chi connectivity index (χ1v) is 6.47. The van der Waals surface area contributed by atoms with Crippen LogP contribution in [0.4, 0.5) is 0 Å². The predicted octanol–water partition coefficient (Wildman–Crippen LogP) is 0.803. The highest BCUT2D eigenvalue weighted by Crippen LogP contribution is 2.26. The number of fused-ring (bicyclic) bond motifs is 1. The Hall–Kier alpha value is -1.39. The van der Waals surface area contributed by atoms with Crippen molar-refractivity contribution < 1.29 is 14.6 Å². The molecule has 0 amide bonds. The number of esters is 1. The van der Waals surface area contributed by atoms with E-state index in [1.807, 2.05) is 18.2 Å². The zero-order valence-corrected chi connectivity index (χ0v) is 10.2. The minimum Gasteiger partial charge on any atom is -0.425 e. The van der Waals surface area contributed by atoms with Gasteiger partial charge in [0.15, 0.2) is 0 Å². The van der Waals surface area contributed by atoms with E-state index >= 15 is 0 Å². The molecule has 96 valence electrons. The Bertz CT molecular complexity index is 472. The van der Waals surface area contributed by atoms with Gasteiger partial charge in [-0.05, 0) is 42.5 Å². The molecule has 1 heterocycles. The van der Waals surface area contributed by atoms with E-state index in [9.17, 15) is 9.90 Å². The molecule has 2 N–H and O–H groups in total. The Morgan fingerprint density at radius 3 is 2.94 bits per heavy atom. The van der Waals surface area contributed by atoms with E-state index < -0.39 is 6.10 Å². The van der Waals surface area contributed by atoms with Crippen molar-refractivity contribution in [1.82, 2.24) is 5.32 Å². The summed E-state index contributed by atoms with van der Waals surface area (Å²) >= 11 is 0. The lowest BCUT2D eigenvalue weighted by atomic mass is 10.1. The summed E-state index contributed by atoms with van der Waals surface area (Å²) in [5.41, 5.74) is 2.66. The van der Waals surface area contributed by atoms with Gasteiger partial charge in [-0.1, -0.05) is 6.07 Å². The highest BCUT2D eigenvalue weighted by Gasteiger charge is 2.29. The third kappa shape index (κ3) is 2.26. The first-order valence-electron chi connectivity index (χ1n) is 6.47. The van der Waals surface area contributed by atoms with Crippen LogP contribution in [0.2, 0.25) is 0 Å². The fraction of sp³-hybridized carbons (Fsp3) is 0.500. The number of aryl methyl sites for hydroxylation is 2. The van der Waals surface area contributed by atoms with Crippen LogP contribution in [0.15, 0.2) is 18.2 Å². The van der Waals surface area contributed by atoms with Gasteiger partial charge in [-0.25, -0.2) is 4.79 Å². The van der Waals surface area contributed by atoms with Gasteiger partial charge in [0.2, 0.25) is 0 Å². The molecule has 1 fully saturated rings. The van der Waals surface area contributed by atoms with Gasteiger partial charge in [-0.3, -0.25) is 0 Å². The van der Waals surface area contributed by atoms with Crippen LogP contribution in [0.25, 0.3) is 0 Å². The van der Waals surface area contributed by atoms with Crippen molar-refractivity contribution in [2.45, 2.75) is 37.8 Å². The summed E-state index contributed by atoms with van der Waals surface area (Å²) in [6.45, 7) is 0.462. The number of carbonyl (C=O) groups is 1. The van der Waals surface area contributed by atoms with Crippen molar-refractivity contribution in [2.24, 2.45) is 0 Å². The number of β-amino-alcohol motifs (C(OH)–C–C–N with tert-alkyl or cyclic N) is 1. The van der Waals surface area contributed by atoms with Gasteiger partial charge < -0.3 is 15.2 Å². The number of nitrogens with one attached hydrogen (secondary N) is 1. The maximum atomic E-state index is 11.9. The molecular weight excluding hydrogens is 230 g/mol. The summed E-state index contributed by atoms with van der Waals surface area (Å²) in [5.74, 6) is 0.313. The Morgan fingerprint density at radius 1 is 1.33 bits per heavy atom. The molecule has 0 radical (unpaired) electrons. The molecule has 18 heavy (non-hydrogen) atoms. The van der Waals surface area contributed by atoms with Gasteiger partial charge in [0, 0.05) is 13.0 Å². The fourth-order valence-electron chi connectivity index (χ4n) is 2.70. The molecule has 3 rings (SSSR count). The molecule has 4 heteroatoms. The lowest BCUT2D eigenvalue weighted by Crippen LogP contribution is -2.34. The van der Waals surface area contributed by atoms with Crippen LogP contribution in [-0.4, -0.2) is 29.8 Å². The molecule has 0 bridgehead atoms. The zero-order valence-electron chi connectivity index (χ0n) is 10.2. The van der Waals surface area contributed by atoms with Gasteiger partial charge in [-0.15, -0.1) is 0 Å². The smallest absolute Gasteiger partial charge is 0.328 e. The molecule has 1 saturated heterocycles. The van der Waals surface area contributed by atoms with E-state index in [2.05, 4.69) is 5.32 Å². The van der Waals surface area contributed by atoms with Crippen LogP contribution in [-0.2, 0) is 17.6 Å². The Labute approximate surface area is 106 Å². The number of rotatable bonds is 2. The molecule has 1 aromatic rings. The summed E-state index contributed by atoms with van der Waals surface area (Å²) in [4.78, 5) is 11.9. The third-order valence-corrected chi connectivity index (χ3v) is 3.68. The van der Waals surface area contributed by atoms with Crippen molar-refractivity contribution in [3.05, 3.63) is 29.3 Å². The van der Waals surface area contributed by atoms with E-state index in [4.69, 9.17) is 4.74 Å². The van der Waals surface area contributed by atoms with Gasteiger partial charge in [0.1, 0.15) is 11.8 Å². The van der Waals surface area contributed by atoms with Crippen LogP contribution < -0.4 is 10.1 Å². The molecular formula is C14H17NO3. The number of ether oxygens (including phenoxy) is 1. The van der Waals surface area contributed by atoms with Crippen LogP contribution in [0.3, 0.4) is 0 Å². The lowest BCUT2D eigenvalue weighted by Gasteiger charge is -2.10. The first kappa shape index (κ1) is 11.7. The molecule has 4 nitrogen and oxygen atoms in total. The molecule has 2 aliphatic rings. The average molecular weight is 247 g/mol. The van der Waals surface area contributed by atoms with Crippen molar-refractivity contribution in [3.63, 3.8) is 0 Å². The van der Waals surface area contributed by atoms with Crippen LogP contribution in [0.1, 0.15) is 24.0 Å². The topological polar surface area (TPSA) is 58.6 Å². The Balaban J connectivity index is 1.67. The number of carbonyl (C=O) groups excluding carboxylic acids is 1. The minimum atomic E-state index is -0.442. The monoisotopic (exact) mass is 247 g/mol. The first-order chi connectivity index (χ1) is 8.72. The number of aliphatic hydroxyl groups excluding tert-OH is 1. The summed E-state index contributed by atoms with van der Waals surface area (Å²) in [6, 6.07) is 5.48. The maximum Gasteiger partial charge on any atom is 0.328 e. The van der Waals surface area contributed by atoms with E-state index in [0.717, 1.165) is 12.8 Å². The molecule has 0 spiro atoms. The average Bonchev–Trinajstić information content (AvgIpc) is 2.96. The van der Waals surface area contributed by atoms with Crippen LogP contribution in [0.5, 0.6) is 5.75 Å². The summed E-state index contributed by atoms with van der Waals surface area (Å²) in [5, 5.41) is 12.3. The second-order valence-corrected chi connectivity index (χ2v) is 5.06. The number of hydrogen-bond acceptors (Lipinski definition) is 4. The van der Waals surface area contributed by atoms with Crippen molar-refractivity contribution >= 4 is 5.97 Å². The molecule has 1 aliphatic heterocycles. The Morgan fingerprint density at radius 2 is 2.17 bits per heavy atom. The number of aliphatic hydroxyl groups is 1. The van der Waals surface area contributed by atoms with E-state index in [-0.39, 0.29) is 12.0 Å². The highest BCUT2D eigenvalue weighted by molar-refractivity contribution is 5.78. The van der Waals surface area contributed by atoms with Gasteiger partial charge in [-0.2, -0.15) is 0 Å². The SMILES string of the molecule is O=C(Oc1ccc2c(c1)CCC2)[C@@H]1CC(O)CN1. The minimum absolute atomic E-state index is 0.301. The quantitative estimate of drug-likeness (QED) is 0.599. The van der Waals surface area contributed by atoms with Gasteiger partial charge in [0.05, 0.1) is 6.10 Å². The third-order valence-electron chi connectivity index (χ3n) is 3.68. The van der Waals surface area contributed by atoms with E-state index in [1.54, 1.807) is 0 Å². The van der Waals surface area contributed by atoms with Gasteiger partial charge in [0.25, 0.3) is 0 Å². The Kier molecular flexibility index (Phi) is 3.06. The molecule has 2 atom stereocenters. The standard InChI is InChI=1S/C14H17NO3/c16-11-7-13(15-8-11)14(17)18-12-5-4-9-2-1-3-10(9)6-12/h4-6,11,13,15-16H,1-3,7-8H2/t11?,13-/m0/s1. The number of benzene rings is 1. The second kappa shape index (κ2) is 4.71. The summed E-state index contributed by atoms with van der Waals surface area (Å²) < 4.78 is 5.36. The van der Waals surface area contributed by atoms with Crippen molar-refractivity contribution in [3.8, 4) is 5.75 Å². The lowest BCUT2D eigenvalue weighted by molar-refractivity contribution is -0.136. The number of hydrogen-bond donors (Lipinski definition) is 2. The van der Waals surface area contributed by atoms with Crippen molar-refractivity contribution in [1.29, 1.82) is 0 Å². The normalized spacial score (nSPS) is 26.1. The van der Waals surface area contributed by atoms with E-state index in [1.165, 1.54) is 17.5 Å². The highest BCUT2D eigenvalue weighted by atomic mass is 16.5. The predicted molar refractivity (Wildman–Crippen MR) is 66.5 cm³/mol. The molecule has 1 aromatic carbocycles. The molecule has 1 aliphatic carbocycles. The molecule has 0 saturated carbocycles. The zero-order chi connectivity index (χ0) is 12.5. The largest absolute Gasteiger partial charge is 0.425 e. The summed E-state index contributed by atoms with van der Waals surface area (Å²) in [7, 11) is 0. The molecule has 0 aromatic heterocycles. The second-order valence-electron chi connectivity index (χ2n) is 5.06. The molecule has 1 unspecified atom stereocenters. The van der Waals surface area contributed by atoms with Gasteiger partial charge >= 0.3 is 5.97 Å². The van der Waals surface area contributed by atoms with Crippen molar-refractivity contribution in [2.75, 3.05) is 6.54 Å². The fourth-order valence-corrected chi connectivity index (χ4v) is 2.70. The van der Waals surface area contributed by atoms with Crippen LogP contribution in [0, 0.1) is 0 Å². The maximum absolute atomic E-state index is 11.9.